The molecular formula is C18H20F2N4O. The molecule has 1 unspecified atom stereocenters. The molecule has 2 aromatic rings. The van der Waals surface area contributed by atoms with E-state index in [0.29, 0.717) is 11.4 Å². The van der Waals surface area contributed by atoms with E-state index in [0.717, 1.165) is 44.4 Å². The molecule has 1 aromatic heterocycles. The minimum absolute atomic E-state index is 0.123. The fraction of sp³-hybridized carbons (Fsp3) is 0.389. The van der Waals surface area contributed by atoms with Crippen LogP contribution in [0.4, 0.5) is 20.4 Å². The van der Waals surface area contributed by atoms with Gasteiger partial charge in [-0.05, 0) is 43.9 Å². The van der Waals surface area contributed by atoms with Crippen LogP contribution in [0, 0.1) is 11.6 Å². The molecule has 1 amide bonds. The second kappa shape index (κ2) is 7.55. The lowest BCUT2D eigenvalue weighted by Crippen LogP contribution is -2.43. The molecule has 1 aliphatic rings. The van der Waals surface area contributed by atoms with Crippen molar-refractivity contribution in [3.63, 3.8) is 0 Å². The number of benzene rings is 1. The van der Waals surface area contributed by atoms with Crippen LogP contribution in [0.25, 0.3) is 0 Å². The zero-order chi connectivity index (χ0) is 17.8. The number of carbonyl (C=O) groups excluding carboxylic acids is 1. The molecular weight excluding hydrogens is 326 g/mol. The zero-order valence-electron chi connectivity index (χ0n) is 14.0. The first-order chi connectivity index (χ1) is 12.1. The summed E-state index contributed by atoms with van der Waals surface area (Å²) in [4.78, 5) is 22.9. The topological polar surface area (TPSA) is 58.1 Å². The Morgan fingerprint density at radius 3 is 2.88 bits per heavy atom. The molecule has 1 N–H and O–H groups in total. The van der Waals surface area contributed by atoms with Gasteiger partial charge in [0, 0.05) is 30.5 Å². The highest BCUT2D eigenvalue weighted by Gasteiger charge is 2.27. The number of amides is 1. The SMILES string of the molecule is CCC1CCCCN1C(=O)c1ccnc(Nc2ccc(F)c(F)c2)n1. The molecule has 3 rings (SSSR count). The summed E-state index contributed by atoms with van der Waals surface area (Å²) >= 11 is 0. The Morgan fingerprint density at radius 2 is 2.12 bits per heavy atom. The molecule has 1 atom stereocenters. The molecule has 5 nitrogen and oxygen atoms in total. The molecule has 1 aromatic carbocycles. The number of halogens is 2. The number of piperidine rings is 1. The van der Waals surface area contributed by atoms with Crippen LogP contribution >= 0.6 is 0 Å². The van der Waals surface area contributed by atoms with Crippen molar-refractivity contribution in [3.05, 3.63) is 47.8 Å². The van der Waals surface area contributed by atoms with Crippen LogP contribution < -0.4 is 5.32 Å². The number of hydrogen-bond acceptors (Lipinski definition) is 4. The van der Waals surface area contributed by atoms with Gasteiger partial charge in [0.1, 0.15) is 5.69 Å². The number of carbonyl (C=O) groups is 1. The number of aromatic nitrogens is 2. The summed E-state index contributed by atoms with van der Waals surface area (Å²) in [7, 11) is 0. The third-order valence-corrected chi connectivity index (χ3v) is 4.41. The average Bonchev–Trinajstić information content (AvgIpc) is 2.64. The summed E-state index contributed by atoms with van der Waals surface area (Å²) in [6.45, 7) is 2.81. The first kappa shape index (κ1) is 17.3. The lowest BCUT2D eigenvalue weighted by molar-refractivity contribution is 0.0602. The fourth-order valence-corrected chi connectivity index (χ4v) is 3.08. The van der Waals surface area contributed by atoms with Gasteiger partial charge in [0.05, 0.1) is 0 Å². The van der Waals surface area contributed by atoms with Crippen molar-refractivity contribution in [2.75, 3.05) is 11.9 Å². The fourth-order valence-electron chi connectivity index (χ4n) is 3.08. The molecule has 1 fully saturated rings. The van der Waals surface area contributed by atoms with E-state index in [-0.39, 0.29) is 17.9 Å². The summed E-state index contributed by atoms with van der Waals surface area (Å²) in [6, 6.07) is 5.23. The minimum atomic E-state index is -0.962. The van der Waals surface area contributed by atoms with Gasteiger partial charge in [0.15, 0.2) is 11.6 Å². The number of nitrogens with one attached hydrogen (secondary N) is 1. The first-order valence-electron chi connectivity index (χ1n) is 8.44. The quantitative estimate of drug-likeness (QED) is 0.912. The molecule has 7 heteroatoms. The Bertz CT molecular complexity index is 768. The summed E-state index contributed by atoms with van der Waals surface area (Å²) in [6.07, 6.45) is 5.53. The lowest BCUT2D eigenvalue weighted by Gasteiger charge is -2.35. The van der Waals surface area contributed by atoms with Crippen LogP contribution in [-0.2, 0) is 0 Å². The highest BCUT2D eigenvalue weighted by molar-refractivity contribution is 5.92. The summed E-state index contributed by atoms with van der Waals surface area (Å²) in [5.74, 6) is -1.84. The maximum absolute atomic E-state index is 13.3. The molecule has 0 saturated carbocycles. The predicted octanol–water partition coefficient (Wildman–Crippen LogP) is 3.90. The third-order valence-electron chi connectivity index (χ3n) is 4.41. The van der Waals surface area contributed by atoms with E-state index in [1.54, 1.807) is 6.07 Å². The van der Waals surface area contributed by atoms with Crippen molar-refractivity contribution < 1.29 is 13.6 Å². The van der Waals surface area contributed by atoms with Gasteiger partial charge in [-0.2, -0.15) is 0 Å². The highest BCUT2D eigenvalue weighted by Crippen LogP contribution is 2.22. The highest BCUT2D eigenvalue weighted by atomic mass is 19.2. The minimum Gasteiger partial charge on any atom is -0.334 e. The van der Waals surface area contributed by atoms with Gasteiger partial charge >= 0.3 is 0 Å². The van der Waals surface area contributed by atoms with Crippen LogP contribution in [0.1, 0.15) is 43.1 Å². The van der Waals surface area contributed by atoms with Gasteiger partial charge in [-0.1, -0.05) is 6.92 Å². The van der Waals surface area contributed by atoms with E-state index in [9.17, 15) is 13.6 Å². The number of nitrogens with zero attached hydrogens (tertiary/aromatic N) is 3. The summed E-state index contributed by atoms with van der Waals surface area (Å²) in [5, 5.41) is 2.80. The molecule has 0 spiro atoms. The van der Waals surface area contributed by atoms with Gasteiger partial charge < -0.3 is 10.2 Å². The van der Waals surface area contributed by atoms with Crippen LogP contribution in [-0.4, -0.2) is 33.4 Å². The van der Waals surface area contributed by atoms with E-state index in [1.807, 2.05) is 4.90 Å². The molecule has 25 heavy (non-hydrogen) atoms. The Morgan fingerprint density at radius 1 is 1.28 bits per heavy atom. The molecule has 1 aliphatic heterocycles. The second-order valence-corrected chi connectivity index (χ2v) is 6.08. The van der Waals surface area contributed by atoms with Crippen molar-refractivity contribution in [2.24, 2.45) is 0 Å². The van der Waals surface area contributed by atoms with Gasteiger partial charge in [-0.25, -0.2) is 18.7 Å². The van der Waals surface area contributed by atoms with Crippen molar-refractivity contribution in [1.82, 2.24) is 14.9 Å². The number of rotatable bonds is 4. The molecule has 0 radical (unpaired) electrons. The summed E-state index contributed by atoms with van der Waals surface area (Å²) < 4.78 is 26.3. The molecule has 2 heterocycles. The van der Waals surface area contributed by atoms with Gasteiger partial charge in [0.25, 0.3) is 5.91 Å². The summed E-state index contributed by atoms with van der Waals surface area (Å²) in [5.41, 5.74) is 0.605. The van der Waals surface area contributed by atoms with Crippen molar-refractivity contribution in [2.45, 2.75) is 38.6 Å². The Kier molecular flexibility index (Phi) is 5.21. The third kappa shape index (κ3) is 3.92. The average molecular weight is 346 g/mol. The monoisotopic (exact) mass is 346 g/mol. The normalized spacial score (nSPS) is 17.4. The first-order valence-corrected chi connectivity index (χ1v) is 8.44. The zero-order valence-corrected chi connectivity index (χ0v) is 14.0. The molecule has 0 bridgehead atoms. The van der Waals surface area contributed by atoms with Crippen molar-refractivity contribution in [3.8, 4) is 0 Å². The van der Waals surface area contributed by atoms with Crippen LogP contribution in [0.3, 0.4) is 0 Å². The second-order valence-electron chi connectivity index (χ2n) is 6.08. The largest absolute Gasteiger partial charge is 0.334 e. The smallest absolute Gasteiger partial charge is 0.272 e. The number of likely N-dealkylation sites (tertiary alicyclic amines) is 1. The van der Waals surface area contributed by atoms with Gasteiger partial charge in [-0.15, -0.1) is 0 Å². The van der Waals surface area contributed by atoms with E-state index >= 15 is 0 Å². The van der Waals surface area contributed by atoms with E-state index in [2.05, 4.69) is 22.2 Å². The van der Waals surface area contributed by atoms with E-state index < -0.39 is 11.6 Å². The van der Waals surface area contributed by atoms with Crippen molar-refractivity contribution >= 4 is 17.5 Å². The van der Waals surface area contributed by atoms with Gasteiger partial charge in [0.2, 0.25) is 5.95 Å². The maximum Gasteiger partial charge on any atom is 0.272 e. The standard InChI is InChI=1S/C18H20F2N4O/c1-2-13-5-3-4-10-24(13)17(25)16-8-9-21-18(23-16)22-12-6-7-14(19)15(20)11-12/h6-9,11,13H,2-5,10H2,1H3,(H,21,22,23). The van der Waals surface area contributed by atoms with Crippen LogP contribution in [0.5, 0.6) is 0 Å². The molecule has 0 aliphatic carbocycles. The lowest BCUT2D eigenvalue weighted by atomic mass is 9.99. The predicted molar refractivity (Wildman–Crippen MR) is 90.6 cm³/mol. The van der Waals surface area contributed by atoms with Gasteiger partial charge in [-0.3, -0.25) is 4.79 Å². The maximum atomic E-state index is 13.3. The number of anilines is 2. The van der Waals surface area contributed by atoms with Crippen LogP contribution in [0.15, 0.2) is 30.5 Å². The van der Waals surface area contributed by atoms with Crippen LogP contribution in [0.2, 0.25) is 0 Å². The number of hydrogen-bond donors (Lipinski definition) is 1. The van der Waals surface area contributed by atoms with Crippen molar-refractivity contribution in [1.29, 1.82) is 0 Å². The Hall–Kier alpha value is -2.57. The Labute approximate surface area is 145 Å². The molecule has 132 valence electrons. The molecule has 1 saturated heterocycles. The Balaban J connectivity index is 1.78. The van der Waals surface area contributed by atoms with E-state index in [1.165, 1.54) is 12.3 Å². The van der Waals surface area contributed by atoms with E-state index in [4.69, 9.17) is 0 Å².